The molecule has 3 fully saturated rings. The number of carbonyl (C=O) groups is 3. The molecule has 3 amide bonds. The summed E-state index contributed by atoms with van der Waals surface area (Å²) in [5, 5.41) is 30.1. The van der Waals surface area contributed by atoms with Gasteiger partial charge in [0.2, 0.25) is 11.8 Å². The van der Waals surface area contributed by atoms with Crippen LogP contribution in [0.1, 0.15) is 131 Å². The van der Waals surface area contributed by atoms with E-state index in [0.29, 0.717) is 95.5 Å². The number of likely N-dealkylation sites (tertiary alicyclic amines) is 1. The number of β-amino-alcohol motifs (C(OH)–C–C–N with tert-alkyl or cyclic N) is 1. The van der Waals surface area contributed by atoms with Crippen LogP contribution in [0.2, 0.25) is 5.02 Å². The molecular weight excluding hydrogens is 1500 g/mol. The van der Waals surface area contributed by atoms with E-state index in [-0.39, 0.29) is 41.8 Å². The predicted molar refractivity (Wildman–Crippen MR) is 421 cm³/mol. The summed E-state index contributed by atoms with van der Waals surface area (Å²) < 4.78 is 113. The number of carbonyl (C=O) groups excluding carboxylic acids is 3. The topological polar surface area (TPSA) is 263 Å². The van der Waals surface area contributed by atoms with Crippen LogP contribution in [0.4, 0.5) is 24.5 Å². The minimum atomic E-state index is -6.11. The molecule has 1 unspecified atom stereocenters. The number of allylic oxidation sites excluding steroid dienone is 1. The first-order valence-electron chi connectivity index (χ1n) is 37.3. The number of sulfone groups is 1. The Morgan fingerprint density at radius 2 is 1.57 bits per heavy atom. The smallest absolute Gasteiger partial charge is 0.391 e. The van der Waals surface area contributed by atoms with Crippen molar-refractivity contribution in [2.45, 2.75) is 163 Å². The summed E-state index contributed by atoms with van der Waals surface area (Å²) in [7, 11) is -11.0. The van der Waals surface area contributed by atoms with Gasteiger partial charge in [0, 0.05) is 111 Å². The van der Waals surface area contributed by atoms with Crippen LogP contribution in [0.5, 0.6) is 0 Å². The number of rotatable bonds is 33. The second-order valence-electron chi connectivity index (χ2n) is 30.3. The number of anilines is 2. The number of ether oxygens (including phenoxy) is 2. The van der Waals surface area contributed by atoms with Crippen molar-refractivity contribution in [3.05, 3.63) is 172 Å². The number of aliphatic hydroxyl groups excluding tert-OH is 1. The number of nitrogens with one attached hydrogen (secondary N) is 4. The molecule has 7 aromatic rings. The Bertz CT molecular complexity index is 4480. The molecule has 0 spiro atoms. The Morgan fingerprint density at radius 3 is 2.26 bits per heavy atom. The lowest BCUT2D eigenvalue weighted by atomic mass is 9.71. The van der Waals surface area contributed by atoms with Crippen molar-refractivity contribution in [3.8, 4) is 10.4 Å². The van der Waals surface area contributed by atoms with Gasteiger partial charge in [0.1, 0.15) is 16.6 Å². The molecule has 22 nitrogen and oxygen atoms in total. The van der Waals surface area contributed by atoms with E-state index in [1.807, 2.05) is 122 Å². The van der Waals surface area contributed by atoms with Gasteiger partial charge >= 0.3 is 5.51 Å². The number of aliphatic hydroxyl groups is 1. The lowest BCUT2D eigenvalue weighted by molar-refractivity contribution is -0.142. The fourth-order valence-corrected chi connectivity index (χ4v) is 18.6. The number of amides is 3. The zero-order valence-electron chi connectivity index (χ0n) is 62.6. The molecule has 3 aliphatic heterocycles. The number of thioether (sulfide) groups is 1. The van der Waals surface area contributed by atoms with E-state index in [0.717, 1.165) is 120 Å². The van der Waals surface area contributed by atoms with Crippen LogP contribution in [0.25, 0.3) is 16.0 Å². The molecule has 2 aromatic heterocycles. The molecule has 4 aliphatic rings. The number of hydrogen-bond acceptors (Lipinski definition) is 20. The monoisotopic (exact) mass is 1600 g/mol. The van der Waals surface area contributed by atoms with E-state index in [2.05, 4.69) is 65.0 Å². The largest absolute Gasteiger partial charge is 0.501 e. The van der Waals surface area contributed by atoms with Gasteiger partial charge in [-0.15, -0.1) is 28.2 Å². The van der Waals surface area contributed by atoms with Gasteiger partial charge in [-0.25, -0.2) is 26.5 Å². The van der Waals surface area contributed by atoms with Crippen LogP contribution >= 0.6 is 34.7 Å². The van der Waals surface area contributed by atoms with E-state index >= 15 is 0 Å². The van der Waals surface area contributed by atoms with Crippen molar-refractivity contribution in [1.82, 2.24) is 50.0 Å². The lowest BCUT2D eigenvalue weighted by Crippen LogP contribution is -2.56. The number of sulfonamides is 1. The van der Waals surface area contributed by atoms with Gasteiger partial charge in [0.15, 0.2) is 0 Å². The molecule has 5 aromatic carbocycles. The third-order valence-corrected chi connectivity index (χ3v) is 26.0. The van der Waals surface area contributed by atoms with Gasteiger partial charge in [-0.1, -0.05) is 118 Å². The predicted octanol–water partition coefficient (Wildman–Crippen LogP) is 12.5. The van der Waals surface area contributed by atoms with Crippen LogP contribution in [0.3, 0.4) is 0 Å². The molecule has 11 rings (SSSR count). The summed E-state index contributed by atoms with van der Waals surface area (Å²) in [5.41, 5.74) is 3.30. The van der Waals surface area contributed by atoms with E-state index in [1.165, 1.54) is 35.0 Å². The number of aromatic nitrogens is 4. The van der Waals surface area contributed by atoms with Crippen molar-refractivity contribution in [2.24, 2.45) is 10.8 Å². The van der Waals surface area contributed by atoms with Crippen molar-refractivity contribution in [1.29, 1.82) is 0 Å². The van der Waals surface area contributed by atoms with Crippen LogP contribution in [0.15, 0.2) is 153 Å². The third-order valence-electron chi connectivity index (χ3n) is 20.8. The number of benzene rings is 5. The average Bonchev–Trinajstić information content (AvgIpc) is 1.39. The molecule has 30 heteroatoms. The standard InChI is InChI=1S/C79H100ClF3N12O10S4/c1-54(56-16-18-58(19-17-56)72-55(2)85-53-107-72)86-75(98)70-44-65(96)49-95(70)76(99)73(77(3,4)5)84-33-12-7-8-13-41-105-50-63-48-94(90-88-63)52-78(6)32-30-68(57-20-24-61(80)25-21-57)60(46-78)47-92-35-37-93(38-36-92)64-26-22-59(23-27-64)74(97)89-109(102,103)67-28-29-69(71(45-67)108(100,101)79(81,82)83)87-62(31-34-91-39-42-104-43-40-91)51-106-66-14-10-9-11-15-66/h9-11,14-29,45,48,53-54,62,65,70,73,84,87,96H,7-8,12-13,30-44,46-47,49-52H2,1-6H3,(H,86,98)(H,89,97)/t54-,62+,65+,70-,73+,78?/m0/s1. The number of hydrogen-bond donors (Lipinski definition) is 5. The van der Waals surface area contributed by atoms with E-state index in [9.17, 15) is 49.5 Å². The molecule has 1 aliphatic carbocycles. The molecule has 109 heavy (non-hydrogen) atoms. The molecule has 0 radical (unpaired) electrons. The van der Waals surface area contributed by atoms with Gasteiger partial charge in [0.25, 0.3) is 25.8 Å². The van der Waals surface area contributed by atoms with Gasteiger partial charge in [-0.3, -0.25) is 28.9 Å². The highest BCUT2D eigenvalue weighted by atomic mass is 35.5. The van der Waals surface area contributed by atoms with Crippen LogP contribution in [-0.4, -0.2) is 195 Å². The second kappa shape index (κ2) is 36.9. The maximum Gasteiger partial charge on any atom is 0.501 e. The number of aryl methyl sites for hydroxylation is 1. The minimum Gasteiger partial charge on any atom is -0.391 e. The summed E-state index contributed by atoms with van der Waals surface area (Å²) >= 11 is 9.41. The number of alkyl halides is 3. The van der Waals surface area contributed by atoms with E-state index in [4.69, 9.17) is 21.1 Å². The zero-order valence-corrected chi connectivity index (χ0v) is 66.6. The highest BCUT2D eigenvalue weighted by Gasteiger charge is 2.49. The van der Waals surface area contributed by atoms with Gasteiger partial charge < -0.3 is 40.3 Å². The number of unbranched alkanes of at least 4 members (excludes halogenated alkanes) is 3. The third kappa shape index (κ3) is 22.1. The van der Waals surface area contributed by atoms with Gasteiger partial charge in [-0.05, 0) is 159 Å². The van der Waals surface area contributed by atoms with Crippen LogP contribution < -0.4 is 25.6 Å². The highest BCUT2D eigenvalue weighted by Crippen LogP contribution is 2.45. The molecule has 588 valence electrons. The first-order chi connectivity index (χ1) is 52.0. The Morgan fingerprint density at radius 1 is 0.862 bits per heavy atom. The molecule has 5 heterocycles. The van der Waals surface area contributed by atoms with Gasteiger partial charge in [0.05, 0.1) is 70.9 Å². The molecule has 0 bridgehead atoms. The fraction of sp³-hybridized carbons (Fsp3) is 0.494. The summed E-state index contributed by atoms with van der Waals surface area (Å²) in [6, 6.07) is 32.0. The number of thiazole rings is 1. The maximum absolute atomic E-state index is 14.4. The maximum atomic E-state index is 14.4. The molecule has 0 saturated carbocycles. The number of piperazine rings is 1. The van der Waals surface area contributed by atoms with Crippen LogP contribution in [-0.2, 0) is 52.1 Å². The Balaban J connectivity index is 0.628. The number of nitrogens with zero attached hydrogens (tertiary/aromatic N) is 8. The number of halogens is 4. The van der Waals surface area contributed by atoms with Crippen LogP contribution in [0, 0.1) is 17.8 Å². The van der Waals surface area contributed by atoms with Crippen molar-refractivity contribution in [3.63, 3.8) is 0 Å². The molecule has 3 saturated heterocycles. The second-order valence-corrected chi connectivity index (χ2v) is 36.3. The minimum absolute atomic E-state index is 0.0372. The molecular formula is C79H100ClF3N12O10S4. The first-order valence-corrected chi connectivity index (χ1v) is 42.5. The summed E-state index contributed by atoms with van der Waals surface area (Å²) in [4.78, 5) is 54.3. The summed E-state index contributed by atoms with van der Waals surface area (Å²) in [6.07, 6.45) is 7.93. The normalized spacial score (nSPS) is 19.4. The average molecular weight is 1600 g/mol. The Kier molecular flexibility index (Phi) is 28.0. The van der Waals surface area contributed by atoms with Gasteiger partial charge in [-0.2, -0.15) is 13.2 Å². The Labute approximate surface area is 651 Å². The van der Waals surface area contributed by atoms with Crippen molar-refractivity contribution < 1.29 is 59.0 Å². The first kappa shape index (κ1) is 82.7. The molecule has 6 atom stereocenters. The number of morpholine rings is 1. The fourth-order valence-electron chi connectivity index (χ4n) is 14.6. The molecule has 5 N–H and O–H groups in total. The van der Waals surface area contributed by atoms with E-state index in [1.54, 1.807) is 28.4 Å². The Hall–Kier alpha value is -7.29. The highest BCUT2D eigenvalue weighted by molar-refractivity contribution is 7.99. The lowest BCUT2D eigenvalue weighted by Gasteiger charge is -2.40. The summed E-state index contributed by atoms with van der Waals surface area (Å²) in [6.45, 7) is 20.9. The van der Waals surface area contributed by atoms with E-state index < -0.39 is 76.4 Å². The zero-order chi connectivity index (χ0) is 77.7. The van der Waals surface area contributed by atoms with Crippen molar-refractivity contribution >= 4 is 89.2 Å². The SMILES string of the molecule is Cc1ncsc1-c1ccc([C@H](C)NC(=O)[C@@H]2C[C@@H](O)CN2C(=O)[C@@H](NCCCCCCOCc2cn(CC3(C)CCC(c4ccc(Cl)cc4)=C(CN4CCN(c5ccc(C(=O)NS(=O)(=O)c6ccc(N[C@H](CCN7CCOCC7)CSc7ccccc7)c(S(=O)(=O)C(F)(F)F)c6)cc5)CC4)C3)nn2)C(C)(C)C)cc1. The summed E-state index contributed by atoms with van der Waals surface area (Å²) in [5.74, 6) is -1.19. The van der Waals surface area contributed by atoms with Crippen molar-refractivity contribution in [2.75, 3.05) is 101 Å². The quantitative estimate of drug-likeness (QED) is 0.0189.